The van der Waals surface area contributed by atoms with E-state index >= 15 is 0 Å². The summed E-state index contributed by atoms with van der Waals surface area (Å²) in [6, 6.07) is 11.7. The van der Waals surface area contributed by atoms with Gasteiger partial charge in [-0.3, -0.25) is 4.79 Å². The van der Waals surface area contributed by atoms with Crippen LogP contribution < -0.4 is 10.1 Å². The highest BCUT2D eigenvalue weighted by atomic mass is 32.2. The monoisotopic (exact) mass is 397 g/mol. The van der Waals surface area contributed by atoms with E-state index in [1.54, 1.807) is 11.3 Å². The Bertz CT molecular complexity index is 973. The number of hydrogen-bond acceptors (Lipinski definition) is 6. The van der Waals surface area contributed by atoms with E-state index in [-0.39, 0.29) is 11.9 Å². The number of carbonyl (C=O) groups excluding carboxylic acids is 1. The van der Waals surface area contributed by atoms with Crippen LogP contribution in [0.25, 0.3) is 10.7 Å². The smallest absolute Gasteiger partial charge is 0.256 e. The van der Waals surface area contributed by atoms with Gasteiger partial charge in [0.15, 0.2) is 5.82 Å². The van der Waals surface area contributed by atoms with E-state index in [4.69, 9.17) is 4.74 Å². The molecule has 1 aliphatic heterocycles. The number of aryl methyl sites for hydroxylation is 1. The molecule has 0 saturated carbocycles. The first-order chi connectivity index (χ1) is 13.2. The van der Waals surface area contributed by atoms with E-state index in [9.17, 15) is 4.79 Å². The molecular weight excluding hydrogens is 378 g/mol. The number of nitrogens with one attached hydrogen (secondary N) is 1. The van der Waals surface area contributed by atoms with Crippen molar-refractivity contribution in [3.8, 4) is 16.5 Å². The summed E-state index contributed by atoms with van der Waals surface area (Å²) in [6.07, 6.45) is 2.67. The zero-order valence-electron chi connectivity index (χ0n) is 15.1. The van der Waals surface area contributed by atoms with E-state index in [0.717, 1.165) is 22.6 Å². The first-order valence-electron chi connectivity index (χ1n) is 8.66. The van der Waals surface area contributed by atoms with Gasteiger partial charge in [0.1, 0.15) is 10.8 Å². The minimum atomic E-state index is -0.142. The van der Waals surface area contributed by atoms with Crippen molar-refractivity contribution in [2.24, 2.45) is 0 Å². The second-order valence-electron chi connectivity index (χ2n) is 6.20. The molecule has 4 rings (SSSR count). The van der Waals surface area contributed by atoms with Crippen molar-refractivity contribution in [3.05, 3.63) is 58.6 Å². The average Bonchev–Trinajstić information content (AvgIpc) is 3.22. The maximum Gasteiger partial charge on any atom is 0.256 e. The van der Waals surface area contributed by atoms with Crippen LogP contribution in [0.3, 0.4) is 0 Å². The van der Waals surface area contributed by atoms with Crippen molar-refractivity contribution in [2.45, 2.75) is 24.4 Å². The van der Waals surface area contributed by atoms with Crippen LogP contribution in [0.2, 0.25) is 0 Å². The molecule has 27 heavy (non-hydrogen) atoms. The third kappa shape index (κ3) is 3.57. The average molecular weight is 398 g/mol. The third-order valence-corrected chi connectivity index (χ3v) is 6.03. The first kappa shape index (κ1) is 18.0. The fraction of sp³-hybridized carbons (Fsp3) is 0.250. The second-order valence-corrected chi connectivity index (χ2v) is 7.94. The normalized spacial score (nSPS) is 15.7. The Labute approximate surface area is 166 Å². The van der Waals surface area contributed by atoms with Crippen molar-refractivity contribution in [2.75, 3.05) is 12.9 Å². The number of ether oxygens (including phenoxy) is 1. The molecule has 138 valence electrons. The van der Waals surface area contributed by atoms with Gasteiger partial charge in [-0.2, -0.15) is 0 Å². The number of benzene rings is 1. The van der Waals surface area contributed by atoms with Gasteiger partial charge < -0.3 is 10.1 Å². The van der Waals surface area contributed by atoms with Crippen molar-refractivity contribution in [3.63, 3.8) is 0 Å². The number of thioether (sulfide) groups is 1. The molecule has 3 heterocycles. The lowest BCUT2D eigenvalue weighted by molar-refractivity contribution is 0.0920. The maximum atomic E-state index is 13.1. The lowest BCUT2D eigenvalue weighted by atomic mass is 10.00. The Morgan fingerprint density at radius 3 is 2.89 bits per heavy atom. The fourth-order valence-corrected chi connectivity index (χ4v) is 4.47. The van der Waals surface area contributed by atoms with Gasteiger partial charge in [0.05, 0.1) is 28.8 Å². The number of fused-ring (bicyclic) bond motifs is 1. The van der Waals surface area contributed by atoms with Gasteiger partial charge in [0.2, 0.25) is 0 Å². The predicted octanol–water partition coefficient (Wildman–Crippen LogP) is 4.49. The lowest BCUT2D eigenvalue weighted by Gasteiger charge is -2.27. The van der Waals surface area contributed by atoms with E-state index in [1.165, 1.54) is 11.8 Å². The Morgan fingerprint density at radius 1 is 1.26 bits per heavy atom. The number of aromatic nitrogens is 2. The zero-order chi connectivity index (χ0) is 18.8. The number of rotatable bonds is 4. The van der Waals surface area contributed by atoms with Gasteiger partial charge in [-0.1, -0.05) is 24.3 Å². The second kappa shape index (κ2) is 7.70. The summed E-state index contributed by atoms with van der Waals surface area (Å²) in [5.74, 6) is 1.36. The summed E-state index contributed by atoms with van der Waals surface area (Å²) in [6.45, 7) is 2.45. The zero-order valence-corrected chi connectivity index (χ0v) is 16.7. The SMILES string of the molecule is CSc1nc(-c2cccs2)nc(C)c1C(=O)N[C@@H]1CCOc2ccccc21. The molecule has 0 fully saturated rings. The molecule has 0 unspecified atom stereocenters. The summed E-state index contributed by atoms with van der Waals surface area (Å²) < 4.78 is 5.69. The summed E-state index contributed by atoms with van der Waals surface area (Å²) in [5, 5.41) is 5.85. The molecule has 7 heteroatoms. The molecule has 3 aromatic rings. The fourth-order valence-electron chi connectivity index (χ4n) is 3.19. The number of thiophene rings is 1. The molecule has 1 atom stereocenters. The minimum Gasteiger partial charge on any atom is -0.493 e. The lowest BCUT2D eigenvalue weighted by Crippen LogP contribution is -2.33. The van der Waals surface area contributed by atoms with Crippen molar-refractivity contribution in [1.82, 2.24) is 15.3 Å². The Balaban J connectivity index is 1.65. The molecule has 1 amide bonds. The van der Waals surface area contributed by atoms with Crippen LogP contribution in [0, 0.1) is 6.92 Å². The van der Waals surface area contributed by atoms with Crippen LogP contribution in [0.5, 0.6) is 5.75 Å². The highest BCUT2D eigenvalue weighted by Gasteiger charge is 2.26. The molecule has 1 aliphatic rings. The molecule has 0 saturated heterocycles. The Kier molecular flexibility index (Phi) is 5.13. The Morgan fingerprint density at radius 2 is 2.11 bits per heavy atom. The van der Waals surface area contributed by atoms with E-state index in [2.05, 4.69) is 15.3 Å². The molecular formula is C20H19N3O2S2. The van der Waals surface area contributed by atoms with Crippen LogP contribution in [-0.2, 0) is 0 Å². The van der Waals surface area contributed by atoms with Gasteiger partial charge in [-0.05, 0) is 30.7 Å². The topological polar surface area (TPSA) is 64.1 Å². The molecule has 0 bridgehead atoms. The van der Waals surface area contributed by atoms with Gasteiger partial charge in [-0.25, -0.2) is 9.97 Å². The Hall–Kier alpha value is -2.38. The van der Waals surface area contributed by atoms with Crippen LogP contribution >= 0.6 is 23.1 Å². The van der Waals surface area contributed by atoms with E-state index < -0.39 is 0 Å². The highest BCUT2D eigenvalue weighted by Crippen LogP contribution is 2.33. The molecule has 0 aliphatic carbocycles. The van der Waals surface area contributed by atoms with Gasteiger partial charge >= 0.3 is 0 Å². The number of amides is 1. The van der Waals surface area contributed by atoms with Crippen LogP contribution in [0.1, 0.15) is 34.1 Å². The van der Waals surface area contributed by atoms with E-state index in [0.29, 0.717) is 28.7 Å². The van der Waals surface area contributed by atoms with Gasteiger partial charge in [0, 0.05) is 12.0 Å². The molecule has 1 N–H and O–H groups in total. The number of carbonyl (C=O) groups is 1. The minimum absolute atomic E-state index is 0.0754. The van der Waals surface area contributed by atoms with Crippen LogP contribution in [-0.4, -0.2) is 28.7 Å². The molecule has 5 nitrogen and oxygen atoms in total. The van der Waals surface area contributed by atoms with Gasteiger partial charge in [0.25, 0.3) is 5.91 Å². The number of nitrogens with zero attached hydrogens (tertiary/aromatic N) is 2. The summed E-state index contributed by atoms with van der Waals surface area (Å²) in [7, 11) is 0. The molecule has 2 aromatic heterocycles. The van der Waals surface area contributed by atoms with Gasteiger partial charge in [-0.15, -0.1) is 23.1 Å². The standard InChI is InChI=1S/C20H19N3O2S2/c1-12-17(20(26-2)23-18(21-12)16-8-5-11-27-16)19(24)22-14-9-10-25-15-7-4-3-6-13(14)15/h3-8,11,14H,9-10H2,1-2H3,(H,22,24)/t14-/m1/s1. The van der Waals surface area contributed by atoms with Crippen molar-refractivity contribution in [1.29, 1.82) is 0 Å². The van der Waals surface area contributed by atoms with Crippen LogP contribution in [0.15, 0.2) is 46.8 Å². The molecule has 1 aromatic carbocycles. The maximum absolute atomic E-state index is 13.1. The predicted molar refractivity (Wildman–Crippen MR) is 109 cm³/mol. The molecule has 0 spiro atoms. The quantitative estimate of drug-likeness (QED) is 0.519. The summed E-state index contributed by atoms with van der Waals surface area (Å²) in [5.41, 5.74) is 2.25. The first-order valence-corrected chi connectivity index (χ1v) is 10.8. The number of para-hydroxylation sites is 1. The van der Waals surface area contributed by atoms with Crippen LogP contribution in [0.4, 0.5) is 0 Å². The third-order valence-electron chi connectivity index (χ3n) is 4.48. The summed E-state index contributed by atoms with van der Waals surface area (Å²) in [4.78, 5) is 23.3. The summed E-state index contributed by atoms with van der Waals surface area (Å²) >= 11 is 3.06. The largest absolute Gasteiger partial charge is 0.493 e. The number of hydrogen-bond donors (Lipinski definition) is 1. The van der Waals surface area contributed by atoms with E-state index in [1.807, 2.05) is 55.0 Å². The molecule has 0 radical (unpaired) electrons. The highest BCUT2D eigenvalue weighted by molar-refractivity contribution is 7.98. The van der Waals surface area contributed by atoms with Crippen molar-refractivity contribution >= 4 is 29.0 Å². The van der Waals surface area contributed by atoms with Crippen molar-refractivity contribution < 1.29 is 9.53 Å².